The highest BCUT2D eigenvalue weighted by Crippen LogP contribution is 2.22. The molecule has 0 spiro atoms. The van der Waals surface area contributed by atoms with Crippen LogP contribution in [0.2, 0.25) is 0 Å². The van der Waals surface area contributed by atoms with Crippen molar-refractivity contribution < 1.29 is 14.9 Å². The number of nitro benzene ring substituents is 1. The number of rotatable bonds is 3. The zero-order valence-corrected chi connectivity index (χ0v) is 8.98. The van der Waals surface area contributed by atoms with E-state index in [0.717, 1.165) is 0 Å². The second kappa shape index (κ2) is 4.53. The van der Waals surface area contributed by atoms with Crippen molar-refractivity contribution in [1.29, 1.82) is 5.41 Å². The molecule has 2 rings (SSSR count). The largest absolute Gasteiger partial charge is 0.437 e. The molecule has 0 aliphatic carbocycles. The van der Waals surface area contributed by atoms with Gasteiger partial charge in [0.15, 0.2) is 5.49 Å². The maximum atomic E-state index is 10.6. The lowest BCUT2D eigenvalue weighted by molar-refractivity contribution is -0.384. The summed E-state index contributed by atoms with van der Waals surface area (Å²) in [5.74, 6) is 0.239. The normalized spacial score (nSPS) is 10.0. The molecule has 0 aliphatic heterocycles. The van der Waals surface area contributed by atoms with Gasteiger partial charge in [0.2, 0.25) is 5.88 Å². The first-order valence-corrected chi connectivity index (χ1v) is 4.83. The number of aromatic nitrogens is 2. The van der Waals surface area contributed by atoms with Gasteiger partial charge in [-0.25, -0.2) is 0 Å². The zero-order valence-electron chi connectivity index (χ0n) is 8.98. The average molecular weight is 248 g/mol. The van der Waals surface area contributed by atoms with E-state index in [4.69, 9.17) is 15.4 Å². The quantitative estimate of drug-likeness (QED) is 0.482. The van der Waals surface area contributed by atoms with Crippen LogP contribution in [0, 0.1) is 15.5 Å². The van der Waals surface area contributed by atoms with Crippen LogP contribution in [0.4, 0.5) is 5.69 Å². The number of nitrogens with zero attached hydrogens (tertiary/aromatic N) is 3. The molecule has 0 amide bonds. The third-order valence-corrected chi connectivity index (χ3v) is 2.04. The van der Waals surface area contributed by atoms with Crippen molar-refractivity contribution in [2.75, 3.05) is 0 Å². The van der Waals surface area contributed by atoms with E-state index < -0.39 is 4.92 Å². The summed E-state index contributed by atoms with van der Waals surface area (Å²) < 4.78 is 5.23. The fourth-order valence-electron chi connectivity index (χ4n) is 1.23. The Labute approximate surface area is 100 Å². The minimum absolute atomic E-state index is 0.0222. The van der Waals surface area contributed by atoms with Crippen molar-refractivity contribution in [3.63, 3.8) is 0 Å². The van der Waals surface area contributed by atoms with Crippen molar-refractivity contribution in [2.24, 2.45) is 0 Å². The van der Waals surface area contributed by atoms with E-state index in [1.54, 1.807) is 0 Å². The van der Waals surface area contributed by atoms with Crippen LogP contribution in [0.5, 0.6) is 11.6 Å². The van der Waals surface area contributed by atoms with Crippen LogP contribution in [0.15, 0.2) is 36.4 Å². The minimum Gasteiger partial charge on any atom is -0.437 e. The van der Waals surface area contributed by atoms with Crippen molar-refractivity contribution in [3.8, 4) is 11.6 Å². The predicted molar refractivity (Wildman–Crippen MR) is 58.4 cm³/mol. The number of ether oxygens (including phenoxy) is 1. The van der Waals surface area contributed by atoms with Gasteiger partial charge >= 0.3 is 0 Å². The minimum atomic E-state index is -0.542. The summed E-state index contributed by atoms with van der Waals surface area (Å²) in [5.41, 5.74) is -0.317. The van der Waals surface area contributed by atoms with Crippen LogP contribution >= 0.6 is 0 Å². The van der Waals surface area contributed by atoms with Crippen LogP contribution < -0.4 is 10.2 Å². The third-order valence-electron chi connectivity index (χ3n) is 2.04. The van der Waals surface area contributed by atoms with E-state index in [0.29, 0.717) is 4.85 Å². The van der Waals surface area contributed by atoms with E-state index in [9.17, 15) is 10.1 Å². The molecule has 18 heavy (non-hydrogen) atoms. The van der Waals surface area contributed by atoms with E-state index in [1.807, 2.05) is 0 Å². The molecular weight excluding hydrogens is 240 g/mol. The standard InChI is InChI=1S/C10H8N4O4/c11-9-4-5-10(12-13(9)15)18-8-3-1-2-7(6-8)14(16)17/h1-6,11,15H. The molecule has 0 unspecified atom stereocenters. The fraction of sp³-hybridized carbons (Fsp3) is 0. The number of hydrogen-bond acceptors (Lipinski definition) is 6. The smallest absolute Gasteiger partial charge is 0.273 e. The maximum Gasteiger partial charge on any atom is 0.273 e. The topological polar surface area (TPSA) is 114 Å². The van der Waals surface area contributed by atoms with Crippen LogP contribution in [-0.4, -0.2) is 20.1 Å². The number of non-ortho nitro benzene ring substituents is 1. The number of benzene rings is 1. The van der Waals surface area contributed by atoms with Crippen LogP contribution in [-0.2, 0) is 0 Å². The van der Waals surface area contributed by atoms with Crippen molar-refractivity contribution in [3.05, 3.63) is 52.0 Å². The van der Waals surface area contributed by atoms with Crippen LogP contribution in [0.1, 0.15) is 0 Å². The van der Waals surface area contributed by atoms with Gasteiger partial charge in [-0.1, -0.05) is 16.0 Å². The Bertz CT molecular complexity index is 652. The predicted octanol–water partition coefficient (Wildman–Crippen LogP) is 1.30. The first-order valence-electron chi connectivity index (χ1n) is 4.83. The summed E-state index contributed by atoms with van der Waals surface area (Å²) in [6.45, 7) is 0. The molecule has 0 atom stereocenters. The molecule has 92 valence electrons. The number of nitro groups is 1. The van der Waals surface area contributed by atoms with Gasteiger partial charge in [-0.15, -0.1) is 0 Å². The fourth-order valence-corrected chi connectivity index (χ4v) is 1.23. The van der Waals surface area contributed by atoms with E-state index in [1.165, 1.54) is 36.4 Å². The molecule has 0 fully saturated rings. The molecule has 0 aliphatic rings. The molecule has 1 heterocycles. The molecule has 8 heteroatoms. The summed E-state index contributed by atoms with van der Waals surface area (Å²) in [6, 6.07) is 8.20. The highest BCUT2D eigenvalue weighted by Gasteiger charge is 2.07. The van der Waals surface area contributed by atoms with Crippen molar-refractivity contribution >= 4 is 5.69 Å². The SMILES string of the molecule is N=c1ccc(Oc2cccc([N+](=O)[O-])c2)nn1O. The van der Waals surface area contributed by atoms with Gasteiger partial charge in [-0.05, 0) is 12.1 Å². The molecule has 0 radical (unpaired) electrons. The van der Waals surface area contributed by atoms with Crippen LogP contribution in [0.3, 0.4) is 0 Å². The molecule has 0 saturated carbocycles. The van der Waals surface area contributed by atoms with Gasteiger partial charge in [0.1, 0.15) is 5.75 Å². The third kappa shape index (κ3) is 2.43. The molecule has 1 aromatic carbocycles. The molecule has 8 nitrogen and oxygen atoms in total. The van der Waals surface area contributed by atoms with E-state index in [-0.39, 0.29) is 22.8 Å². The van der Waals surface area contributed by atoms with Gasteiger partial charge in [0.05, 0.1) is 11.0 Å². The van der Waals surface area contributed by atoms with Gasteiger partial charge in [0.25, 0.3) is 5.69 Å². The Balaban J connectivity index is 2.28. The first kappa shape index (κ1) is 11.6. The first-order chi connectivity index (χ1) is 8.56. The Morgan fingerprint density at radius 3 is 2.83 bits per heavy atom. The lowest BCUT2D eigenvalue weighted by Crippen LogP contribution is -2.19. The number of nitrogens with one attached hydrogen (secondary N) is 1. The van der Waals surface area contributed by atoms with E-state index >= 15 is 0 Å². The Morgan fingerprint density at radius 1 is 1.39 bits per heavy atom. The average Bonchev–Trinajstić information content (AvgIpc) is 2.34. The second-order valence-electron chi connectivity index (χ2n) is 3.30. The molecular formula is C10H8N4O4. The Hall–Kier alpha value is -2.90. The summed E-state index contributed by atoms with van der Waals surface area (Å²) in [6.07, 6.45) is 0. The highest BCUT2D eigenvalue weighted by atomic mass is 16.6. The van der Waals surface area contributed by atoms with Gasteiger partial charge in [0, 0.05) is 12.1 Å². The molecule has 2 N–H and O–H groups in total. The van der Waals surface area contributed by atoms with Crippen molar-refractivity contribution in [2.45, 2.75) is 0 Å². The molecule has 2 aromatic rings. The lowest BCUT2D eigenvalue weighted by Gasteiger charge is -2.04. The Morgan fingerprint density at radius 2 is 2.17 bits per heavy atom. The number of hydrogen-bond donors (Lipinski definition) is 2. The summed E-state index contributed by atoms with van der Waals surface area (Å²) in [4.78, 5) is 10.4. The second-order valence-corrected chi connectivity index (χ2v) is 3.30. The Kier molecular flexibility index (Phi) is 2.92. The monoisotopic (exact) mass is 248 g/mol. The van der Waals surface area contributed by atoms with Crippen LogP contribution in [0.25, 0.3) is 0 Å². The van der Waals surface area contributed by atoms with Gasteiger partial charge < -0.3 is 9.94 Å². The summed E-state index contributed by atoms with van der Waals surface area (Å²) in [7, 11) is 0. The molecule has 1 aromatic heterocycles. The highest BCUT2D eigenvalue weighted by molar-refractivity contribution is 5.39. The molecule has 0 saturated heterocycles. The lowest BCUT2D eigenvalue weighted by atomic mass is 10.3. The summed E-state index contributed by atoms with van der Waals surface area (Å²) >= 11 is 0. The summed E-state index contributed by atoms with van der Waals surface area (Å²) in [5, 5.41) is 30.4. The van der Waals surface area contributed by atoms with Gasteiger partial charge in [-0.2, -0.15) is 0 Å². The zero-order chi connectivity index (χ0) is 13.1. The van der Waals surface area contributed by atoms with Gasteiger partial charge in [-0.3, -0.25) is 15.5 Å². The van der Waals surface area contributed by atoms with Crippen molar-refractivity contribution in [1.82, 2.24) is 9.94 Å². The maximum absolute atomic E-state index is 10.6. The van der Waals surface area contributed by atoms with E-state index in [2.05, 4.69) is 5.10 Å². The molecule has 0 bridgehead atoms.